The smallest absolute Gasteiger partial charge is 0.311 e. The first-order valence-corrected chi connectivity index (χ1v) is 8.43. The van der Waals surface area contributed by atoms with Gasteiger partial charge in [0.15, 0.2) is 0 Å². The van der Waals surface area contributed by atoms with E-state index in [4.69, 9.17) is 0 Å². The lowest BCUT2D eigenvalue weighted by Crippen LogP contribution is -2.40. The molecule has 2 rings (SSSR count). The van der Waals surface area contributed by atoms with Crippen molar-refractivity contribution in [2.45, 2.75) is 39.7 Å². The van der Waals surface area contributed by atoms with Crippen molar-refractivity contribution < 1.29 is 9.90 Å². The fraction of sp³-hybridized carbons (Fsp3) is 0.588. The first kappa shape index (κ1) is 16.5. The van der Waals surface area contributed by atoms with Crippen LogP contribution >= 0.6 is 15.9 Å². The van der Waals surface area contributed by atoms with Gasteiger partial charge in [0.05, 0.1) is 5.41 Å². The average Bonchev–Trinajstić information content (AvgIpc) is 2.86. The lowest BCUT2D eigenvalue weighted by Gasteiger charge is -2.32. The van der Waals surface area contributed by atoms with Crippen molar-refractivity contribution in [2.75, 3.05) is 13.1 Å². The van der Waals surface area contributed by atoms with Gasteiger partial charge in [0.2, 0.25) is 0 Å². The number of benzene rings is 1. The molecule has 1 aliphatic rings. The summed E-state index contributed by atoms with van der Waals surface area (Å²) in [6.07, 6.45) is 1.73. The quantitative estimate of drug-likeness (QED) is 0.856. The molecule has 116 valence electrons. The Labute approximate surface area is 135 Å². The van der Waals surface area contributed by atoms with E-state index in [2.05, 4.69) is 39.9 Å². The zero-order valence-corrected chi connectivity index (χ0v) is 14.6. The van der Waals surface area contributed by atoms with Crippen LogP contribution in [0.25, 0.3) is 0 Å². The second-order valence-electron chi connectivity index (χ2n) is 6.32. The Balaban J connectivity index is 2.24. The van der Waals surface area contributed by atoms with E-state index in [9.17, 15) is 9.90 Å². The van der Waals surface area contributed by atoms with Crippen molar-refractivity contribution >= 4 is 21.9 Å². The Hall–Kier alpha value is -0.870. The molecule has 1 heterocycles. The molecule has 0 saturated carbocycles. The second kappa shape index (κ2) is 6.49. The predicted molar refractivity (Wildman–Crippen MR) is 88.3 cm³/mol. The molecule has 0 amide bonds. The Morgan fingerprint density at radius 3 is 2.67 bits per heavy atom. The highest BCUT2D eigenvalue weighted by atomic mass is 79.9. The molecular formula is C17H24BrNO2. The summed E-state index contributed by atoms with van der Waals surface area (Å²) < 4.78 is 1.08. The summed E-state index contributed by atoms with van der Waals surface area (Å²) in [7, 11) is 0. The molecule has 1 aliphatic heterocycles. The number of aliphatic carboxylic acids is 1. The van der Waals surface area contributed by atoms with E-state index in [0.717, 1.165) is 23.9 Å². The van der Waals surface area contributed by atoms with Gasteiger partial charge in [0.1, 0.15) is 0 Å². The molecule has 2 atom stereocenters. The molecule has 2 unspecified atom stereocenters. The molecule has 1 saturated heterocycles. The van der Waals surface area contributed by atoms with Gasteiger partial charge in [0, 0.05) is 17.1 Å². The van der Waals surface area contributed by atoms with Gasteiger partial charge in [-0.2, -0.15) is 0 Å². The molecule has 0 aromatic heterocycles. The number of halogens is 1. The highest BCUT2D eigenvalue weighted by molar-refractivity contribution is 9.10. The number of carbonyl (C=O) groups is 1. The van der Waals surface area contributed by atoms with Crippen molar-refractivity contribution in [3.63, 3.8) is 0 Å². The van der Waals surface area contributed by atoms with Gasteiger partial charge < -0.3 is 5.11 Å². The highest BCUT2D eigenvalue weighted by Crippen LogP contribution is 2.42. The van der Waals surface area contributed by atoms with E-state index in [-0.39, 0.29) is 5.92 Å². The van der Waals surface area contributed by atoms with E-state index in [1.807, 2.05) is 26.0 Å². The van der Waals surface area contributed by atoms with Crippen LogP contribution in [0.4, 0.5) is 0 Å². The maximum atomic E-state index is 11.8. The monoisotopic (exact) mass is 353 g/mol. The molecule has 1 fully saturated rings. The maximum Gasteiger partial charge on any atom is 0.311 e. The molecule has 0 radical (unpaired) electrons. The van der Waals surface area contributed by atoms with Gasteiger partial charge in [-0.1, -0.05) is 48.8 Å². The van der Waals surface area contributed by atoms with E-state index < -0.39 is 11.4 Å². The summed E-state index contributed by atoms with van der Waals surface area (Å²) in [6.45, 7) is 7.72. The first-order valence-electron chi connectivity index (χ1n) is 7.63. The number of carboxylic acids is 1. The van der Waals surface area contributed by atoms with Crippen LogP contribution in [0.15, 0.2) is 28.7 Å². The van der Waals surface area contributed by atoms with Crippen molar-refractivity contribution in [3.05, 3.63) is 34.3 Å². The van der Waals surface area contributed by atoms with Crippen LogP contribution in [0.2, 0.25) is 0 Å². The van der Waals surface area contributed by atoms with Crippen LogP contribution in [0.3, 0.4) is 0 Å². The zero-order chi connectivity index (χ0) is 15.6. The summed E-state index contributed by atoms with van der Waals surface area (Å²) in [5.41, 5.74) is 0.663. The molecule has 0 bridgehead atoms. The minimum absolute atomic E-state index is 0.153. The van der Waals surface area contributed by atoms with E-state index in [1.165, 1.54) is 5.56 Å². The number of hydrogen-bond donors (Lipinski definition) is 1. The standard InChI is InChI=1S/C17H24BrNO2/c1-4-15(13-6-5-7-14(18)10-13)19-9-8-17(11-19,12(2)3)16(20)21/h5-7,10,12,15H,4,8-9,11H2,1-3H3,(H,20,21). The zero-order valence-electron chi connectivity index (χ0n) is 13.0. The van der Waals surface area contributed by atoms with Crippen molar-refractivity contribution in [1.82, 2.24) is 4.90 Å². The SMILES string of the molecule is CCC(c1cccc(Br)c1)N1CCC(C(=O)O)(C(C)C)C1. The van der Waals surface area contributed by atoms with Crippen LogP contribution in [-0.2, 0) is 4.79 Å². The minimum Gasteiger partial charge on any atom is -0.481 e. The molecule has 4 heteroatoms. The molecular weight excluding hydrogens is 330 g/mol. The molecule has 1 aromatic rings. The highest BCUT2D eigenvalue weighted by Gasteiger charge is 2.48. The molecule has 3 nitrogen and oxygen atoms in total. The Morgan fingerprint density at radius 2 is 2.19 bits per heavy atom. The molecule has 1 N–H and O–H groups in total. The number of carboxylic acid groups (broad SMARTS) is 1. The second-order valence-corrected chi connectivity index (χ2v) is 7.23. The third kappa shape index (κ3) is 3.16. The minimum atomic E-state index is -0.649. The maximum absolute atomic E-state index is 11.8. The largest absolute Gasteiger partial charge is 0.481 e. The van der Waals surface area contributed by atoms with Gasteiger partial charge in [-0.25, -0.2) is 0 Å². The van der Waals surface area contributed by atoms with Crippen LogP contribution in [-0.4, -0.2) is 29.1 Å². The number of rotatable bonds is 5. The van der Waals surface area contributed by atoms with Gasteiger partial charge in [-0.15, -0.1) is 0 Å². The van der Waals surface area contributed by atoms with Gasteiger partial charge in [-0.3, -0.25) is 9.69 Å². The summed E-state index contributed by atoms with van der Waals surface area (Å²) >= 11 is 3.52. The lowest BCUT2D eigenvalue weighted by atomic mass is 9.76. The Kier molecular flexibility index (Phi) is 5.10. The van der Waals surface area contributed by atoms with Gasteiger partial charge in [0.25, 0.3) is 0 Å². The summed E-state index contributed by atoms with van der Waals surface area (Å²) in [6, 6.07) is 8.64. The fourth-order valence-corrected chi connectivity index (χ4v) is 3.86. The first-order chi connectivity index (χ1) is 9.90. The number of likely N-dealkylation sites (tertiary alicyclic amines) is 1. The topological polar surface area (TPSA) is 40.5 Å². The van der Waals surface area contributed by atoms with Crippen molar-refractivity contribution in [2.24, 2.45) is 11.3 Å². The van der Waals surface area contributed by atoms with Gasteiger partial charge in [-0.05, 0) is 43.0 Å². The number of nitrogens with zero attached hydrogens (tertiary/aromatic N) is 1. The predicted octanol–water partition coefficient (Wildman–Crippen LogP) is 4.33. The summed E-state index contributed by atoms with van der Waals surface area (Å²) in [4.78, 5) is 14.1. The van der Waals surface area contributed by atoms with Crippen molar-refractivity contribution in [3.8, 4) is 0 Å². The Morgan fingerprint density at radius 1 is 1.48 bits per heavy atom. The summed E-state index contributed by atoms with van der Waals surface area (Å²) in [5, 5.41) is 9.69. The average molecular weight is 354 g/mol. The summed E-state index contributed by atoms with van der Waals surface area (Å²) in [5.74, 6) is -0.496. The third-order valence-electron chi connectivity index (χ3n) is 4.92. The van der Waals surface area contributed by atoms with Crippen LogP contribution in [0.5, 0.6) is 0 Å². The number of hydrogen-bond acceptors (Lipinski definition) is 2. The lowest BCUT2D eigenvalue weighted by molar-refractivity contribution is -0.151. The molecule has 0 spiro atoms. The van der Waals surface area contributed by atoms with Crippen LogP contribution < -0.4 is 0 Å². The molecule has 1 aromatic carbocycles. The third-order valence-corrected chi connectivity index (χ3v) is 5.42. The van der Waals surface area contributed by atoms with Crippen LogP contribution in [0.1, 0.15) is 45.2 Å². The van der Waals surface area contributed by atoms with Crippen molar-refractivity contribution in [1.29, 1.82) is 0 Å². The van der Waals surface area contributed by atoms with Gasteiger partial charge >= 0.3 is 5.97 Å². The normalized spacial score (nSPS) is 24.4. The van der Waals surface area contributed by atoms with E-state index >= 15 is 0 Å². The molecule has 0 aliphatic carbocycles. The fourth-order valence-electron chi connectivity index (χ4n) is 3.44. The Bertz CT molecular complexity index is 517. The van der Waals surface area contributed by atoms with E-state index in [0.29, 0.717) is 12.6 Å². The van der Waals surface area contributed by atoms with Crippen LogP contribution in [0, 0.1) is 11.3 Å². The van der Waals surface area contributed by atoms with E-state index in [1.54, 1.807) is 0 Å². The molecule has 21 heavy (non-hydrogen) atoms.